The Labute approximate surface area is 227 Å². The smallest absolute Gasteiger partial charge is 0.194 e. The molecule has 7 aromatic rings. The number of phenolic OH excluding ortho intramolecular Hbond substituents is 1. The molecule has 39 heavy (non-hydrogen) atoms. The van der Waals surface area contributed by atoms with Gasteiger partial charge in [-0.2, -0.15) is 0 Å². The van der Waals surface area contributed by atoms with Crippen LogP contribution in [0.3, 0.4) is 0 Å². The molecule has 0 saturated heterocycles. The van der Waals surface area contributed by atoms with Crippen LogP contribution < -0.4 is 0 Å². The lowest BCUT2D eigenvalue weighted by Crippen LogP contribution is -1.99. The summed E-state index contributed by atoms with van der Waals surface area (Å²) in [5.41, 5.74) is 8.08. The van der Waals surface area contributed by atoms with E-state index in [9.17, 15) is 10.2 Å². The lowest BCUT2D eigenvalue weighted by atomic mass is 9.80. The summed E-state index contributed by atoms with van der Waals surface area (Å²) in [5, 5.41) is 31.9. The van der Waals surface area contributed by atoms with Crippen molar-refractivity contribution in [3.05, 3.63) is 120 Å². The molecule has 187 valence electrons. The Kier molecular flexibility index (Phi) is 5.14. The van der Waals surface area contributed by atoms with E-state index in [2.05, 4.69) is 51.1 Å². The zero-order valence-electron chi connectivity index (χ0n) is 22.2. The number of hydrogen-bond donors (Lipinski definition) is 1. The van der Waals surface area contributed by atoms with Gasteiger partial charge in [0.2, 0.25) is 0 Å². The summed E-state index contributed by atoms with van der Waals surface area (Å²) in [6.07, 6.45) is 0. The molecular weight excluding hydrogens is 476 g/mol. The lowest BCUT2D eigenvalue weighted by molar-refractivity contribution is 0.365. The van der Waals surface area contributed by atoms with Crippen molar-refractivity contribution in [2.24, 2.45) is 0 Å². The maximum atomic E-state index is 13.5. The Morgan fingerprint density at radius 3 is 1.13 bits per heavy atom. The first kappa shape index (κ1) is 23.3. The minimum absolute atomic E-state index is 0.0723. The third kappa shape index (κ3) is 3.28. The summed E-state index contributed by atoms with van der Waals surface area (Å²) in [6.45, 7) is 6.54. The van der Waals surface area contributed by atoms with Crippen LogP contribution in [0.25, 0.3) is 65.3 Å². The van der Waals surface area contributed by atoms with Crippen LogP contribution in [0.2, 0.25) is 0 Å². The first-order valence-corrected chi connectivity index (χ1v) is 13.3. The quantitative estimate of drug-likeness (QED) is 0.234. The van der Waals surface area contributed by atoms with E-state index in [4.69, 9.17) is 0 Å². The van der Waals surface area contributed by atoms with Crippen LogP contribution in [0, 0.1) is 20.8 Å². The average molecular weight is 504 g/mol. The van der Waals surface area contributed by atoms with Crippen molar-refractivity contribution in [1.29, 1.82) is 0 Å². The highest BCUT2D eigenvalue weighted by molar-refractivity contribution is 6.20. The van der Waals surface area contributed by atoms with E-state index in [-0.39, 0.29) is 5.75 Å². The second-order valence-electron chi connectivity index (χ2n) is 10.5. The summed E-state index contributed by atoms with van der Waals surface area (Å²) in [6, 6.07) is 34.4. The molecule has 0 aliphatic rings. The highest BCUT2D eigenvalue weighted by atomic mass is 16.3. The molecule has 0 unspecified atom stereocenters. The number of rotatable bonds is 2. The van der Waals surface area contributed by atoms with Crippen LogP contribution in [-0.4, -0.2) is 5.11 Å². The van der Waals surface area contributed by atoms with Crippen LogP contribution in [0.4, 0.5) is 0 Å². The molecule has 0 aromatic heterocycles. The molecule has 0 aliphatic carbocycles. The van der Waals surface area contributed by atoms with Crippen molar-refractivity contribution in [2.75, 3.05) is 0 Å². The Balaban J connectivity index is 1.69. The molecule has 0 saturated carbocycles. The fraction of sp³-hybridized carbons (Fsp3) is 0.0811. The Morgan fingerprint density at radius 2 is 0.744 bits per heavy atom. The highest BCUT2D eigenvalue weighted by Gasteiger charge is 2.23. The van der Waals surface area contributed by atoms with Crippen molar-refractivity contribution in [3.8, 4) is 33.8 Å². The molecule has 0 atom stereocenters. The van der Waals surface area contributed by atoms with E-state index in [0.717, 1.165) is 59.8 Å². The van der Waals surface area contributed by atoms with E-state index < -0.39 is 0 Å². The van der Waals surface area contributed by atoms with Gasteiger partial charge in [0.1, 0.15) is 5.75 Å². The molecule has 2 heteroatoms. The van der Waals surface area contributed by atoms with Gasteiger partial charge in [0.05, 0.1) is 0 Å². The van der Waals surface area contributed by atoms with Gasteiger partial charge >= 0.3 is 0 Å². The predicted octanol–water partition coefficient (Wildman–Crippen LogP) is 10.4. The number of benzene rings is 7. The predicted molar refractivity (Wildman–Crippen MR) is 163 cm³/mol. The first-order valence-electron chi connectivity index (χ1n) is 13.3. The Morgan fingerprint density at radius 1 is 0.436 bits per heavy atom. The summed E-state index contributed by atoms with van der Waals surface area (Å²) in [5.74, 6) is 0.388. The molecule has 0 fully saturated rings. The molecule has 1 N–H and O–H groups in total. The number of phenols is 1. The van der Waals surface area contributed by atoms with Crippen molar-refractivity contribution >= 4 is 43.1 Å². The Hall–Kier alpha value is -4.82. The largest absolute Gasteiger partial charge is 0.507 e. The molecular formula is C37H27O2. The van der Waals surface area contributed by atoms with Gasteiger partial charge in [0.15, 0.2) is 5.75 Å². The molecule has 0 amide bonds. The fourth-order valence-electron chi connectivity index (χ4n) is 6.69. The van der Waals surface area contributed by atoms with Crippen molar-refractivity contribution in [2.45, 2.75) is 20.8 Å². The minimum atomic E-state index is 0.0723. The van der Waals surface area contributed by atoms with Gasteiger partial charge in [-0.25, -0.2) is 0 Å². The standard InChI is InChI=1S/C37H27O2/c1-21-20-22(2)33(35-26-14-6-10-18-30(26)37(39)31-19-11-7-15-27(31)35)23(3)32(21)34-24-12-4-8-16-28(24)36(38)29-17-9-5-13-25(29)34/h4-20,38H,1-3H3. The SMILES string of the molecule is Cc1cc(C)c(-c2c3ccccc3c(O)c3ccccc23)c(C)c1-c1c2ccccc2c([O])c2ccccc12. The van der Waals surface area contributed by atoms with Crippen LogP contribution in [-0.2, 0) is 5.11 Å². The van der Waals surface area contributed by atoms with Gasteiger partial charge in [-0.1, -0.05) is 103 Å². The number of aromatic hydroxyl groups is 1. The van der Waals surface area contributed by atoms with Crippen LogP contribution in [0.1, 0.15) is 16.7 Å². The van der Waals surface area contributed by atoms with Crippen molar-refractivity contribution < 1.29 is 10.2 Å². The van der Waals surface area contributed by atoms with Crippen LogP contribution >= 0.6 is 0 Å². The second-order valence-corrected chi connectivity index (χ2v) is 10.5. The van der Waals surface area contributed by atoms with Gasteiger partial charge in [-0.05, 0) is 81.3 Å². The van der Waals surface area contributed by atoms with E-state index in [1.165, 1.54) is 22.3 Å². The molecule has 7 rings (SSSR count). The number of aryl methyl sites for hydroxylation is 2. The third-order valence-electron chi connectivity index (χ3n) is 8.26. The molecule has 2 nitrogen and oxygen atoms in total. The van der Waals surface area contributed by atoms with E-state index in [1.54, 1.807) is 0 Å². The number of hydrogen-bond acceptors (Lipinski definition) is 1. The maximum absolute atomic E-state index is 13.5. The molecule has 0 aliphatic heterocycles. The zero-order chi connectivity index (χ0) is 26.8. The van der Waals surface area contributed by atoms with Gasteiger partial charge in [0, 0.05) is 21.5 Å². The minimum Gasteiger partial charge on any atom is -0.507 e. The normalized spacial score (nSPS) is 11.7. The van der Waals surface area contributed by atoms with Crippen molar-refractivity contribution in [1.82, 2.24) is 0 Å². The monoisotopic (exact) mass is 503 g/mol. The van der Waals surface area contributed by atoms with E-state index >= 15 is 0 Å². The maximum Gasteiger partial charge on any atom is 0.194 e. The number of fused-ring (bicyclic) bond motifs is 4. The van der Waals surface area contributed by atoms with Gasteiger partial charge < -0.3 is 5.11 Å². The van der Waals surface area contributed by atoms with Gasteiger partial charge in [-0.3, -0.25) is 5.11 Å². The molecule has 0 bridgehead atoms. The van der Waals surface area contributed by atoms with Crippen LogP contribution in [0.15, 0.2) is 103 Å². The summed E-state index contributed by atoms with van der Waals surface area (Å²) in [7, 11) is 0. The molecule has 0 spiro atoms. The third-order valence-corrected chi connectivity index (χ3v) is 8.26. The highest BCUT2D eigenvalue weighted by Crippen LogP contribution is 2.49. The fourth-order valence-corrected chi connectivity index (χ4v) is 6.69. The molecule has 7 aromatic carbocycles. The van der Waals surface area contributed by atoms with Crippen molar-refractivity contribution in [3.63, 3.8) is 0 Å². The van der Waals surface area contributed by atoms with Gasteiger partial charge in [0.25, 0.3) is 0 Å². The second kappa shape index (κ2) is 8.61. The summed E-state index contributed by atoms with van der Waals surface area (Å²) < 4.78 is 0. The lowest BCUT2D eigenvalue weighted by Gasteiger charge is -2.23. The average Bonchev–Trinajstić information content (AvgIpc) is 2.96. The van der Waals surface area contributed by atoms with E-state index in [1.807, 2.05) is 72.8 Å². The topological polar surface area (TPSA) is 40.1 Å². The Bertz CT molecular complexity index is 1850. The zero-order valence-corrected chi connectivity index (χ0v) is 22.2. The summed E-state index contributed by atoms with van der Waals surface area (Å²) >= 11 is 0. The molecule has 0 heterocycles. The van der Waals surface area contributed by atoms with Gasteiger partial charge in [-0.15, -0.1) is 0 Å². The first-order chi connectivity index (χ1) is 19.0. The molecule has 1 radical (unpaired) electrons. The van der Waals surface area contributed by atoms with E-state index in [0.29, 0.717) is 5.75 Å². The van der Waals surface area contributed by atoms with Crippen LogP contribution in [0.5, 0.6) is 11.5 Å². The summed E-state index contributed by atoms with van der Waals surface area (Å²) in [4.78, 5) is 0.